The maximum atomic E-state index is 12.7. The highest BCUT2D eigenvalue weighted by molar-refractivity contribution is 6.03. The highest BCUT2D eigenvalue weighted by Crippen LogP contribution is 2.43. The number of esters is 1. The minimum Gasteiger partial charge on any atom is -0.463 e. The highest BCUT2D eigenvalue weighted by Gasteiger charge is 2.40. The molecule has 1 aromatic rings. The fourth-order valence-corrected chi connectivity index (χ4v) is 3.84. The summed E-state index contributed by atoms with van der Waals surface area (Å²) in [7, 11) is 0. The van der Waals surface area contributed by atoms with Crippen molar-refractivity contribution in [2.24, 2.45) is 0 Å². The number of carbonyl (C=O) groups is 2. The zero-order valence-corrected chi connectivity index (χ0v) is 15.3. The number of nitrogens with zero attached hydrogens (tertiary/aromatic N) is 2. The summed E-state index contributed by atoms with van der Waals surface area (Å²) in [5, 5.41) is 7.71. The molecule has 0 aromatic carbocycles. The first-order valence-electron chi connectivity index (χ1n) is 8.93. The fraction of sp³-hybridized carbons (Fsp3) is 0.526. The maximum Gasteiger partial charge on any atom is 0.336 e. The Morgan fingerprint density at radius 3 is 2.76 bits per heavy atom. The van der Waals surface area contributed by atoms with E-state index >= 15 is 0 Å². The van der Waals surface area contributed by atoms with E-state index in [0.29, 0.717) is 24.2 Å². The molecule has 0 amide bonds. The van der Waals surface area contributed by atoms with Crippen LogP contribution in [0.5, 0.6) is 0 Å². The van der Waals surface area contributed by atoms with Crippen molar-refractivity contribution in [3.63, 3.8) is 0 Å². The molecule has 0 bridgehead atoms. The van der Waals surface area contributed by atoms with Crippen LogP contribution in [0.2, 0.25) is 0 Å². The first-order valence-corrected chi connectivity index (χ1v) is 8.93. The molecule has 2 aliphatic rings. The van der Waals surface area contributed by atoms with Crippen molar-refractivity contribution in [1.29, 1.82) is 0 Å². The van der Waals surface area contributed by atoms with Gasteiger partial charge in [-0.3, -0.25) is 9.48 Å². The molecular weight excluding hydrogens is 318 g/mol. The first kappa shape index (κ1) is 17.5. The zero-order valence-electron chi connectivity index (χ0n) is 15.3. The van der Waals surface area contributed by atoms with Crippen LogP contribution >= 0.6 is 0 Å². The number of hydrogen-bond donors (Lipinski definition) is 1. The van der Waals surface area contributed by atoms with E-state index in [9.17, 15) is 9.59 Å². The molecule has 0 saturated heterocycles. The van der Waals surface area contributed by atoms with Gasteiger partial charge in [0.15, 0.2) is 5.78 Å². The molecule has 0 radical (unpaired) electrons. The molecule has 0 spiro atoms. The number of rotatable bonds is 4. The number of carbonyl (C=O) groups excluding carboxylic acids is 2. The summed E-state index contributed by atoms with van der Waals surface area (Å²) in [6.45, 7) is 8.72. The summed E-state index contributed by atoms with van der Waals surface area (Å²) < 4.78 is 7.19. The van der Waals surface area contributed by atoms with Gasteiger partial charge in [-0.1, -0.05) is 0 Å². The molecule has 3 rings (SSSR count). The number of ether oxygens (including phenoxy) is 1. The molecule has 6 heteroatoms. The summed E-state index contributed by atoms with van der Waals surface area (Å²) in [5.41, 5.74) is 4.83. The lowest BCUT2D eigenvalue weighted by Gasteiger charge is -2.33. The third-order valence-electron chi connectivity index (χ3n) is 5.02. The van der Waals surface area contributed by atoms with Crippen molar-refractivity contribution >= 4 is 11.8 Å². The van der Waals surface area contributed by atoms with E-state index in [1.54, 1.807) is 13.1 Å². The second kappa shape index (κ2) is 6.86. The minimum atomic E-state index is -0.400. The standard InChI is InChI=1S/C19H25N3O3/c1-5-22-12(4)13(10-20-22)17-16(19(24)25-6-2)11(3)21-14-8-7-9-15(23)18(14)17/h10,17,21H,5-9H2,1-4H3/t17-/m1/s1. The van der Waals surface area contributed by atoms with Crippen LogP contribution in [0.25, 0.3) is 0 Å². The number of aryl methyl sites for hydroxylation is 1. The normalized spacial score (nSPS) is 20.5. The van der Waals surface area contributed by atoms with E-state index in [0.717, 1.165) is 42.0 Å². The van der Waals surface area contributed by atoms with Crippen molar-refractivity contribution < 1.29 is 14.3 Å². The summed E-state index contributed by atoms with van der Waals surface area (Å²) in [5.74, 6) is -0.661. The fourth-order valence-electron chi connectivity index (χ4n) is 3.84. The summed E-state index contributed by atoms with van der Waals surface area (Å²) in [6.07, 6.45) is 3.97. The lowest BCUT2D eigenvalue weighted by atomic mass is 9.75. The molecule has 25 heavy (non-hydrogen) atoms. The van der Waals surface area contributed by atoms with Gasteiger partial charge in [-0.25, -0.2) is 4.79 Å². The highest BCUT2D eigenvalue weighted by atomic mass is 16.5. The van der Waals surface area contributed by atoms with Crippen molar-refractivity contribution in [2.75, 3.05) is 6.61 Å². The van der Waals surface area contributed by atoms with Gasteiger partial charge in [0.25, 0.3) is 0 Å². The smallest absolute Gasteiger partial charge is 0.336 e. The monoisotopic (exact) mass is 343 g/mol. The van der Waals surface area contributed by atoms with Crippen molar-refractivity contribution in [1.82, 2.24) is 15.1 Å². The molecule has 1 aliphatic heterocycles. The van der Waals surface area contributed by atoms with Gasteiger partial charge in [-0.05, 0) is 40.5 Å². The lowest BCUT2D eigenvalue weighted by Crippen LogP contribution is -2.34. The van der Waals surface area contributed by atoms with Gasteiger partial charge >= 0.3 is 5.97 Å². The maximum absolute atomic E-state index is 12.7. The Morgan fingerprint density at radius 2 is 2.12 bits per heavy atom. The number of aromatic nitrogens is 2. The number of Topliss-reactive ketones (excluding diaryl/α,β-unsaturated/α-hetero) is 1. The van der Waals surface area contributed by atoms with Crippen molar-refractivity contribution in [3.8, 4) is 0 Å². The van der Waals surface area contributed by atoms with E-state index in [1.165, 1.54) is 0 Å². The third-order valence-corrected chi connectivity index (χ3v) is 5.02. The molecule has 0 unspecified atom stereocenters. The molecule has 6 nitrogen and oxygen atoms in total. The third kappa shape index (κ3) is 2.90. The lowest BCUT2D eigenvalue weighted by molar-refractivity contribution is -0.138. The summed E-state index contributed by atoms with van der Waals surface area (Å²) in [6, 6.07) is 0. The van der Waals surface area contributed by atoms with Gasteiger partial charge in [0, 0.05) is 41.2 Å². The van der Waals surface area contributed by atoms with Crippen LogP contribution in [0.4, 0.5) is 0 Å². The minimum absolute atomic E-state index is 0.108. The number of nitrogens with one attached hydrogen (secondary N) is 1. The second-order valence-corrected chi connectivity index (χ2v) is 6.49. The van der Waals surface area contributed by atoms with E-state index in [4.69, 9.17) is 4.74 Å². The SMILES string of the molecule is CCOC(=O)C1=C(C)NC2=C(C(=O)CCC2)[C@@H]1c1cnn(CC)c1C. The van der Waals surface area contributed by atoms with Crippen LogP contribution in [0.1, 0.15) is 57.2 Å². The van der Waals surface area contributed by atoms with Crippen LogP contribution in [-0.2, 0) is 20.9 Å². The molecule has 1 aliphatic carbocycles. The predicted molar refractivity (Wildman–Crippen MR) is 93.7 cm³/mol. The van der Waals surface area contributed by atoms with Crippen LogP contribution in [-0.4, -0.2) is 28.1 Å². The van der Waals surface area contributed by atoms with E-state index in [-0.39, 0.29) is 11.8 Å². The van der Waals surface area contributed by atoms with Gasteiger partial charge in [0.1, 0.15) is 0 Å². The summed E-state index contributed by atoms with van der Waals surface area (Å²) >= 11 is 0. The van der Waals surface area contributed by atoms with Crippen LogP contribution < -0.4 is 5.32 Å². The largest absolute Gasteiger partial charge is 0.463 e. The Morgan fingerprint density at radius 1 is 1.36 bits per heavy atom. The Kier molecular flexibility index (Phi) is 4.79. The molecule has 1 atom stereocenters. The van der Waals surface area contributed by atoms with Gasteiger partial charge < -0.3 is 10.1 Å². The van der Waals surface area contributed by atoms with Crippen molar-refractivity contribution in [3.05, 3.63) is 40.0 Å². The Balaban J connectivity index is 2.18. The molecular formula is C19H25N3O3. The number of dihydropyridines is 1. The molecule has 0 saturated carbocycles. The van der Waals surface area contributed by atoms with Gasteiger partial charge in [-0.2, -0.15) is 5.10 Å². The summed E-state index contributed by atoms with van der Waals surface area (Å²) in [4.78, 5) is 25.4. The second-order valence-electron chi connectivity index (χ2n) is 6.49. The Bertz CT molecular complexity index is 786. The van der Waals surface area contributed by atoms with Gasteiger partial charge in [-0.15, -0.1) is 0 Å². The number of ketones is 1. The van der Waals surface area contributed by atoms with Crippen LogP contribution in [0, 0.1) is 6.92 Å². The molecule has 1 aromatic heterocycles. The molecule has 134 valence electrons. The Hall–Kier alpha value is -2.37. The average molecular weight is 343 g/mol. The Labute approximate surface area is 147 Å². The average Bonchev–Trinajstić information content (AvgIpc) is 2.94. The van der Waals surface area contributed by atoms with Crippen LogP contribution in [0.3, 0.4) is 0 Å². The number of hydrogen-bond acceptors (Lipinski definition) is 5. The number of allylic oxidation sites excluding steroid dienone is 3. The first-order chi connectivity index (χ1) is 12.0. The zero-order chi connectivity index (χ0) is 18.1. The predicted octanol–water partition coefficient (Wildman–Crippen LogP) is 2.74. The van der Waals surface area contributed by atoms with E-state index in [1.807, 2.05) is 25.5 Å². The van der Waals surface area contributed by atoms with Crippen LogP contribution in [0.15, 0.2) is 28.7 Å². The molecule has 1 N–H and O–H groups in total. The molecule has 2 heterocycles. The van der Waals surface area contributed by atoms with Crippen molar-refractivity contribution in [2.45, 2.75) is 59.4 Å². The van der Waals surface area contributed by atoms with E-state index in [2.05, 4.69) is 10.4 Å². The van der Waals surface area contributed by atoms with Gasteiger partial charge in [0.2, 0.25) is 0 Å². The van der Waals surface area contributed by atoms with Gasteiger partial charge in [0.05, 0.1) is 24.3 Å². The molecule has 0 fully saturated rings. The van der Waals surface area contributed by atoms with E-state index < -0.39 is 5.92 Å². The quantitative estimate of drug-likeness (QED) is 0.851. The topological polar surface area (TPSA) is 73.2 Å².